The zero-order valence-electron chi connectivity index (χ0n) is 12.0. The van der Waals surface area contributed by atoms with E-state index in [9.17, 15) is 18.3 Å². The summed E-state index contributed by atoms with van der Waals surface area (Å²) in [4.78, 5) is 11.2. The number of hydrogen-bond acceptors (Lipinski definition) is 3. The predicted octanol–water partition coefficient (Wildman–Crippen LogP) is 1.79. The molecule has 1 N–H and O–H groups in total. The molecule has 0 heterocycles. The first-order chi connectivity index (χ1) is 8.85. The molecule has 112 valence electrons. The Morgan fingerprint density at radius 1 is 1.21 bits per heavy atom. The molecule has 19 heavy (non-hydrogen) atoms. The Bertz CT molecular complexity index is 403. The predicted molar refractivity (Wildman–Crippen MR) is 74.3 cm³/mol. The first-order valence-corrected chi connectivity index (χ1v) is 8.67. The van der Waals surface area contributed by atoms with Crippen molar-refractivity contribution in [1.29, 1.82) is 0 Å². The van der Waals surface area contributed by atoms with Gasteiger partial charge in [0, 0.05) is 13.1 Å². The van der Waals surface area contributed by atoms with Gasteiger partial charge in [0.05, 0.1) is 11.7 Å². The van der Waals surface area contributed by atoms with Crippen molar-refractivity contribution in [3.63, 3.8) is 0 Å². The van der Waals surface area contributed by atoms with E-state index in [1.54, 1.807) is 0 Å². The molecule has 1 rings (SSSR count). The quantitative estimate of drug-likeness (QED) is 0.776. The highest BCUT2D eigenvalue weighted by Crippen LogP contribution is 2.39. The molecule has 3 atom stereocenters. The summed E-state index contributed by atoms with van der Waals surface area (Å²) >= 11 is 0. The third kappa shape index (κ3) is 3.92. The molecule has 0 spiro atoms. The minimum atomic E-state index is -3.25. The Hall–Kier alpha value is -0.620. The van der Waals surface area contributed by atoms with Crippen LogP contribution in [0, 0.1) is 17.8 Å². The van der Waals surface area contributed by atoms with E-state index in [1.807, 2.05) is 20.8 Å². The summed E-state index contributed by atoms with van der Waals surface area (Å²) in [5.41, 5.74) is 0. The second-order valence-electron chi connectivity index (χ2n) is 5.31. The minimum absolute atomic E-state index is 0.0170. The molecule has 1 fully saturated rings. The third-order valence-corrected chi connectivity index (χ3v) is 6.37. The van der Waals surface area contributed by atoms with Crippen LogP contribution in [0.1, 0.15) is 40.0 Å². The number of carboxylic acid groups (broad SMARTS) is 1. The Morgan fingerprint density at radius 3 is 2.16 bits per heavy atom. The van der Waals surface area contributed by atoms with E-state index in [4.69, 9.17) is 0 Å². The number of rotatable bonds is 7. The average Bonchev–Trinajstić information content (AvgIpc) is 2.72. The molecule has 3 unspecified atom stereocenters. The van der Waals surface area contributed by atoms with Gasteiger partial charge >= 0.3 is 5.97 Å². The average molecular weight is 291 g/mol. The van der Waals surface area contributed by atoms with Gasteiger partial charge in [-0.3, -0.25) is 4.79 Å². The second-order valence-corrected chi connectivity index (χ2v) is 7.33. The Morgan fingerprint density at radius 2 is 1.79 bits per heavy atom. The summed E-state index contributed by atoms with van der Waals surface area (Å²) in [6.07, 6.45) is 2.01. The first kappa shape index (κ1) is 16.4. The largest absolute Gasteiger partial charge is 0.481 e. The molecule has 0 amide bonds. The van der Waals surface area contributed by atoms with Gasteiger partial charge in [-0.25, -0.2) is 12.7 Å². The van der Waals surface area contributed by atoms with Gasteiger partial charge in [0.2, 0.25) is 10.0 Å². The molecule has 6 heteroatoms. The molecule has 0 saturated heterocycles. The van der Waals surface area contributed by atoms with E-state index < -0.39 is 16.0 Å². The van der Waals surface area contributed by atoms with Crippen LogP contribution in [0.25, 0.3) is 0 Å². The fourth-order valence-corrected chi connectivity index (χ4v) is 5.02. The van der Waals surface area contributed by atoms with E-state index >= 15 is 0 Å². The summed E-state index contributed by atoms with van der Waals surface area (Å²) in [7, 11) is -3.25. The molecule has 0 aromatic heterocycles. The van der Waals surface area contributed by atoms with Crippen molar-refractivity contribution in [3.8, 4) is 0 Å². The number of hydrogen-bond donors (Lipinski definition) is 1. The van der Waals surface area contributed by atoms with Crippen molar-refractivity contribution in [1.82, 2.24) is 4.31 Å². The SMILES string of the molecule is CCC1CC(CS(=O)(=O)N(CC)CC)CC1C(=O)O. The van der Waals surface area contributed by atoms with Gasteiger partial charge in [0.1, 0.15) is 0 Å². The van der Waals surface area contributed by atoms with E-state index in [1.165, 1.54) is 4.31 Å². The molecule has 0 aromatic carbocycles. The molecular weight excluding hydrogens is 266 g/mol. The van der Waals surface area contributed by atoms with E-state index in [0.717, 1.165) is 6.42 Å². The highest BCUT2D eigenvalue weighted by atomic mass is 32.2. The van der Waals surface area contributed by atoms with Crippen molar-refractivity contribution >= 4 is 16.0 Å². The zero-order valence-corrected chi connectivity index (χ0v) is 12.8. The summed E-state index contributed by atoms with van der Waals surface area (Å²) < 4.78 is 25.9. The van der Waals surface area contributed by atoms with Crippen molar-refractivity contribution in [2.24, 2.45) is 17.8 Å². The van der Waals surface area contributed by atoms with Crippen LogP contribution in [-0.4, -0.2) is 42.6 Å². The van der Waals surface area contributed by atoms with E-state index in [-0.39, 0.29) is 23.5 Å². The molecule has 1 saturated carbocycles. The maximum atomic E-state index is 12.2. The lowest BCUT2D eigenvalue weighted by Crippen LogP contribution is -2.34. The topological polar surface area (TPSA) is 74.7 Å². The normalized spacial score (nSPS) is 27.9. The summed E-state index contributed by atoms with van der Waals surface area (Å²) in [5.74, 6) is -0.961. The highest BCUT2D eigenvalue weighted by Gasteiger charge is 2.39. The van der Waals surface area contributed by atoms with E-state index in [0.29, 0.717) is 25.9 Å². The second kappa shape index (κ2) is 6.70. The summed E-state index contributed by atoms with van der Waals surface area (Å²) in [6, 6.07) is 0. The lowest BCUT2D eigenvalue weighted by atomic mass is 9.94. The van der Waals surface area contributed by atoms with Crippen molar-refractivity contribution in [2.75, 3.05) is 18.8 Å². The Kier molecular flexibility index (Phi) is 5.80. The summed E-state index contributed by atoms with van der Waals surface area (Å²) in [5, 5.41) is 9.17. The van der Waals surface area contributed by atoms with Crippen LogP contribution >= 0.6 is 0 Å². The number of aliphatic carboxylic acids is 1. The maximum absolute atomic E-state index is 12.2. The van der Waals surface area contributed by atoms with Crippen molar-refractivity contribution < 1.29 is 18.3 Å². The number of sulfonamides is 1. The van der Waals surface area contributed by atoms with Crippen LogP contribution in [-0.2, 0) is 14.8 Å². The molecule has 1 aliphatic rings. The van der Waals surface area contributed by atoms with Crippen LogP contribution in [0.2, 0.25) is 0 Å². The Balaban J connectivity index is 2.72. The van der Waals surface area contributed by atoms with E-state index in [2.05, 4.69) is 0 Å². The first-order valence-electron chi connectivity index (χ1n) is 7.06. The van der Waals surface area contributed by atoms with Gasteiger partial charge in [-0.2, -0.15) is 0 Å². The molecule has 1 aliphatic carbocycles. The van der Waals surface area contributed by atoms with Gasteiger partial charge in [0.25, 0.3) is 0 Å². The minimum Gasteiger partial charge on any atom is -0.481 e. The van der Waals surface area contributed by atoms with Crippen LogP contribution in [0.3, 0.4) is 0 Å². The van der Waals surface area contributed by atoms with Gasteiger partial charge in [-0.15, -0.1) is 0 Å². The number of carbonyl (C=O) groups is 1. The third-order valence-electron chi connectivity index (χ3n) is 4.18. The highest BCUT2D eigenvalue weighted by molar-refractivity contribution is 7.89. The lowest BCUT2D eigenvalue weighted by molar-refractivity contribution is -0.143. The molecule has 0 aliphatic heterocycles. The number of nitrogens with zero attached hydrogens (tertiary/aromatic N) is 1. The molecular formula is C13H25NO4S. The van der Waals surface area contributed by atoms with Gasteiger partial charge < -0.3 is 5.11 Å². The number of carboxylic acids is 1. The van der Waals surface area contributed by atoms with Gasteiger partial charge in [0.15, 0.2) is 0 Å². The fourth-order valence-electron chi connectivity index (χ4n) is 3.15. The lowest BCUT2D eigenvalue weighted by Gasteiger charge is -2.20. The molecule has 0 bridgehead atoms. The van der Waals surface area contributed by atoms with Gasteiger partial charge in [-0.05, 0) is 24.7 Å². The zero-order chi connectivity index (χ0) is 14.6. The fraction of sp³-hybridized carbons (Fsp3) is 0.923. The van der Waals surface area contributed by atoms with Gasteiger partial charge in [-0.1, -0.05) is 27.2 Å². The van der Waals surface area contributed by atoms with Crippen LogP contribution < -0.4 is 0 Å². The molecule has 0 aromatic rings. The maximum Gasteiger partial charge on any atom is 0.306 e. The Labute approximate surface area is 116 Å². The van der Waals surface area contributed by atoms with Crippen LogP contribution in [0.5, 0.6) is 0 Å². The molecule has 5 nitrogen and oxygen atoms in total. The summed E-state index contributed by atoms with van der Waals surface area (Å²) in [6.45, 7) is 6.58. The smallest absolute Gasteiger partial charge is 0.306 e. The van der Waals surface area contributed by atoms with Crippen LogP contribution in [0.15, 0.2) is 0 Å². The van der Waals surface area contributed by atoms with Crippen molar-refractivity contribution in [2.45, 2.75) is 40.0 Å². The monoisotopic (exact) mass is 291 g/mol. The molecule has 0 radical (unpaired) electrons. The van der Waals surface area contributed by atoms with Crippen LogP contribution in [0.4, 0.5) is 0 Å². The van der Waals surface area contributed by atoms with Crippen molar-refractivity contribution in [3.05, 3.63) is 0 Å². The standard InChI is InChI=1S/C13H25NO4S/c1-4-11-7-10(8-12(11)13(15)16)9-19(17,18)14(5-2)6-3/h10-12H,4-9H2,1-3H3,(H,15,16).